The molecular weight excluding hydrogens is 342 g/mol. The van der Waals surface area contributed by atoms with Crippen molar-refractivity contribution in [2.24, 2.45) is 0 Å². The second-order valence-corrected chi connectivity index (χ2v) is 7.30. The number of carbonyl (C=O) groups is 2. The van der Waals surface area contributed by atoms with Crippen LogP contribution in [0.4, 0.5) is 5.69 Å². The second kappa shape index (κ2) is 9.33. The van der Waals surface area contributed by atoms with Gasteiger partial charge in [0.15, 0.2) is 0 Å². The summed E-state index contributed by atoms with van der Waals surface area (Å²) in [5.41, 5.74) is 0.501. The van der Waals surface area contributed by atoms with Gasteiger partial charge in [0, 0.05) is 32.2 Å². The van der Waals surface area contributed by atoms with Crippen LogP contribution in [0.15, 0.2) is 41.8 Å². The van der Waals surface area contributed by atoms with Crippen molar-refractivity contribution in [1.29, 1.82) is 0 Å². The Morgan fingerprint density at radius 3 is 2.16 bits per heavy atom. The highest BCUT2D eigenvalue weighted by Gasteiger charge is 2.27. The fourth-order valence-corrected chi connectivity index (χ4v) is 3.64. The van der Waals surface area contributed by atoms with Crippen LogP contribution < -0.4 is 5.32 Å². The topological polar surface area (TPSA) is 86.8 Å². The summed E-state index contributed by atoms with van der Waals surface area (Å²) in [6, 6.07) is 5.82. The van der Waals surface area contributed by atoms with E-state index in [4.69, 9.17) is 0 Å². The molecule has 0 saturated heterocycles. The van der Waals surface area contributed by atoms with Crippen LogP contribution >= 0.6 is 0 Å². The molecule has 0 spiro atoms. The van der Waals surface area contributed by atoms with E-state index in [1.807, 2.05) is 13.8 Å². The van der Waals surface area contributed by atoms with E-state index >= 15 is 0 Å². The molecule has 0 aliphatic carbocycles. The lowest BCUT2D eigenvalue weighted by Crippen LogP contribution is -2.42. The molecule has 0 fully saturated rings. The summed E-state index contributed by atoms with van der Waals surface area (Å²) < 4.78 is 26.7. The Hall–Kier alpha value is -2.19. The molecule has 2 amide bonds. The molecule has 0 aliphatic rings. The Kier molecular flexibility index (Phi) is 7.79. The molecule has 0 unspecified atom stereocenters. The molecular formula is C17H25N3O4S. The number of amides is 2. The van der Waals surface area contributed by atoms with Gasteiger partial charge < -0.3 is 10.2 Å². The summed E-state index contributed by atoms with van der Waals surface area (Å²) in [6.45, 7) is 9.44. The predicted molar refractivity (Wildman–Crippen MR) is 97.6 cm³/mol. The van der Waals surface area contributed by atoms with Gasteiger partial charge in [-0.1, -0.05) is 6.08 Å². The second-order valence-electron chi connectivity index (χ2n) is 5.36. The van der Waals surface area contributed by atoms with Gasteiger partial charge in [-0.2, -0.15) is 4.31 Å². The molecule has 1 N–H and O–H groups in total. The van der Waals surface area contributed by atoms with Crippen molar-refractivity contribution in [2.75, 3.05) is 31.5 Å². The van der Waals surface area contributed by atoms with Gasteiger partial charge in [0.05, 0.1) is 11.4 Å². The highest BCUT2D eigenvalue weighted by atomic mass is 32.2. The first-order valence-electron chi connectivity index (χ1n) is 8.02. The number of hydrogen-bond donors (Lipinski definition) is 1. The summed E-state index contributed by atoms with van der Waals surface area (Å²) in [4.78, 5) is 24.9. The number of carbonyl (C=O) groups excluding carboxylic acids is 2. The monoisotopic (exact) mass is 367 g/mol. The molecule has 1 rings (SSSR count). The first-order chi connectivity index (χ1) is 11.8. The number of nitrogens with zero attached hydrogens (tertiary/aromatic N) is 2. The molecule has 0 bridgehead atoms. The van der Waals surface area contributed by atoms with Crippen LogP contribution in [-0.4, -0.2) is 55.6 Å². The van der Waals surface area contributed by atoms with Gasteiger partial charge in [-0.25, -0.2) is 8.42 Å². The van der Waals surface area contributed by atoms with E-state index in [1.54, 1.807) is 4.90 Å². The maximum Gasteiger partial charge on any atom is 0.243 e. The van der Waals surface area contributed by atoms with Gasteiger partial charge in [0.1, 0.15) is 0 Å². The van der Waals surface area contributed by atoms with Gasteiger partial charge in [-0.05, 0) is 38.1 Å². The third kappa shape index (κ3) is 5.68. The Morgan fingerprint density at radius 2 is 1.72 bits per heavy atom. The zero-order valence-corrected chi connectivity index (χ0v) is 15.7. The molecule has 0 radical (unpaired) electrons. The van der Waals surface area contributed by atoms with Crippen LogP contribution in [0.25, 0.3) is 0 Å². The summed E-state index contributed by atoms with van der Waals surface area (Å²) >= 11 is 0. The SMILES string of the molecule is C=CCN(CC(=O)N(CC)CC)S(=O)(=O)c1ccc(NC(C)=O)cc1. The molecule has 0 aromatic heterocycles. The number of nitrogens with one attached hydrogen (secondary N) is 1. The minimum atomic E-state index is -3.85. The fourth-order valence-electron chi connectivity index (χ4n) is 2.28. The number of benzene rings is 1. The number of rotatable bonds is 9. The van der Waals surface area contributed by atoms with E-state index < -0.39 is 10.0 Å². The Bertz CT molecular complexity index is 710. The maximum absolute atomic E-state index is 12.8. The molecule has 7 nitrogen and oxygen atoms in total. The highest BCUT2D eigenvalue weighted by molar-refractivity contribution is 7.89. The Labute approximate surface area is 149 Å². The van der Waals surface area contributed by atoms with Crippen LogP contribution in [0.3, 0.4) is 0 Å². The van der Waals surface area contributed by atoms with Crippen LogP contribution in [0, 0.1) is 0 Å². The largest absolute Gasteiger partial charge is 0.342 e. The van der Waals surface area contributed by atoms with Crippen LogP contribution in [-0.2, 0) is 19.6 Å². The molecule has 0 atom stereocenters. The summed E-state index contributed by atoms with van der Waals surface area (Å²) in [5.74, 6) is -0.501. The van der Waals surface area contributed by atoms with Crippen molar-refractivity contribution >= 4 is 27.5 Å². The third-order valence-electron chi connectivity index (χ3n) is 3.57. The summed E-state index contributed by atoms with van der Waals surface area (Å²) in [6.07, 6.45) is 1.44. The molecule has 8 heteroatoms. The molecule has 0 aliphatic heterocycles. The number of hydrogen-bond acceptors (Lipinski definition) is 4. The van der Waals surface area contributed by atoms with E-state index in [-0.39, 0.29) is 29.8 Å². The third-order valence-corrected chi connectivity index (χ3v) is 5.40. The van der Waals surface area contributed by atoms with Crippen LogP contribution in [0.1, 0.15) is 20.8 Å². The predicted octanol–water partition coefficient (Wildman–Crippen LogP) is 1.69. The first kappa shape index (κ1) is 20.9. The van der Waals surface area contributed by atoms with Crippen LogP contribution in [0.2, 0.25) is 0 Å². The zero-order chi connectivity index (χ0) is 19.0. The molecule has 1 aromatic carbocycles. The van der Waals surface area contributed by atoms with E-state index in [0.29, 0.717) is 18.8 Å². The summed E-state index contributed by atoms with van der Waals surface area (Å²) in [5, 5.41) is 2.58. The lowest BCUT2D eigenvalue weighted by Gasteiger charge is -2.25. The molecule has 0 saturated carbocycles. The van der Waals surface area contributed by atoms with Crippen molar-refractivity contribution in [3.8, 4) is 0 Å². The van der Waals surface area contributed by atoms with Crippen molar-refractivity contribution in [1.82, 2.24) is 9.21 Å². The number of likely N-dealkylation sites (N-methyl/N-ethyl adjacent to an activating group) is 1. The number of anilines is 1. The minimum Gasteiger partial charge on any atom is -0.342 e. The Morgan fingerprint density at radius 1 is 1.16 bits per heavy atom. The average Bonchev–Trinajstić information content (AvgIpc) is 2.55. The molecule has 138 valence electrons. The van der Waals surface area contributed by atoms with Crippen LogP contribution in [0.5, 0.6) is 0 Å². The van der Waals surface area contributed by atoms with Gasteiger partial charge in [-0.15, -0.1) is 6.58 Å². The fraction of sp³-hybridized carbons (Fsp3) is 0.412. The van der Waals surface area contributed by atoms with E-state index in [0.717, 1.165) is 4.31 Å². The molecule has 25 heavy (non-hydrogen) atoms. The average molecular weight is 367 g/mol. The van der Waals surface area contributed by atoms with E-state index in [9.17, 15) is 18.0 Å². The lowest BCUT2D eigenvalue weighted by molar-refractivity contribution is -0.130. The minimum absolute atomic E-state index is 0.0305. The smallest absolute Gasteiger partial charge is 0.243 e. The normalized spacial score (nSPS) is 11.2. The van der Waals surface area contributed by atoms with E-state index in [2.05, 4.69) is 11.9 Å². The lowest BCUT2D eigenvalue weighted by atomic mass is 10.3. The quantitative estimate of drug-likeness (QED) is 0.673. The van der Waals surface area contributed by atoms with Crippen molar-refractivity contribution in [3.63, 3.8) is 0 Å². The zero-order valence-electron chi connectivity index (χ0n) is 14.9. The van der Waals surface area contributed by atoms with Crippen molar-refractivity contribution < 1.29 is 18.0 Å². The van der Waals surface area contributed by atoms with Gasteiger partial charge in [-0.3, -0.25) is 9.59 Å². The first-order valence-corrected chi connectivity index (χ1v) is 9.46. The van der Waals surface area contributed by atoms with Gasteiger partial charge >= 0.3 is 0 Å². The van der Waals surface area contributed by atoms with E-state index in [1.165, 1.54) is 37.3 Å². The standard InChI is InChI=1S/C17H25N3O4S/c1-5-12-20(13-17(22)19(6-2)7-3)25(23,24)16-10-8-15(9-11-16)18-14(4)21/h5,8-11H,1,6-7,12-13H2,2-4H3,(H,18,21). The maximum atomic E-state index is 12.8. The molecule has 1 aromatic rings. The van der Waals surface area contributed by atoms with Gasteiger partial charge in [0.25, 0.3) is 0 Å². The number of sulfonamides is 1. The summed E-state index contributed by atoms with van der Waals surface area (Å²) in [7, 11) is -3.85. The Balaban J connectivity index is 3.06. The van der Waals surface area contributed by atoms with Crippen molar-refractivity contribution in [2.45, 2.75) is 25.7 Å². The molecule has 0 heterocycles. The van der Waals surface area contributed by atoms with Gasteiger partial charge in [0.2, 0.25) is 21.8 Å². The van der Waals surface area contributed by atoms with Crippen molar-refractivity contribution in [3.05, 3.63) is 36.9 Å². The highest BCUT2D eigenvalue weighted by Crippen LogP contribution is 2.18.